The van der Waals surface area contributed by atoms with Crippen LogP contribution in [0.3, 0.4) is 0 Å². The van der Waals surface area contributed by atoms with Crippen LogP contribution >= 0.6 is 0 Å². The van der Waals surface area contributed by atoms with Crippen LogP contribution in [0.1, 0.15) is 45.6 Å². The molecule has 1 aliphatic rings. The highest BCUT2D eigenvalue weighted by Crippen LogP contribution is 2.27. The topological polar surface area (TPSA) is 53.1 Å². The van der Waals surface area contributed by atoms with Crippen molar-refractivity contribution in [2.45, 2.75) is 52.6 Å². The van der Waals surface area contributed by atoms with Crippen molar-refractivity contribution in [3.8, 4) is 5.75 Å². The van der Waals surface area contributed by atoms with Crippen molar-refractivity contribution < 1.29 is 23.1 Å². The normalized spacial score (nSPS) is 15.8. The predicted molar refractivity (Wildman–Crippen MR) is 132 cm³/mol. The minimum Gasteiger partial charge on any atom is -0.484 e. The SMILES string of the molecule is CCC(=O)N1CCCN(C(C)C)CCCN(C(=O)COc2ccccc2)Cc2cc(F)c(F)cc21. The fraction of sp³-hybridized carbons (Fsp3) is 0.481. The molecule has 0 fully saturated rings. The zero-order chi connectivity index (χ0) is 25.4. The Morgan fingerprint density at radius 3 is 2.26 bits per heavy atom. The number of nitrogens with zero attached hydrogens (tertiary/aromatic N) is 3. The van der Waals surface area contributed by atoms with Crippen LogP contribution in [0, 0.1) is 11.6 Å². The van der Waals surface area contributed by atoms with E-state index >= 15 is 0 Å². The van der Waals surface area contributed by atoms with E-state index in [1.54, 1.807) is 24.0 Å². The summed E-state index contributed by atoms with van der Waals surface area (Å²) in [6.45, 7) is 8.22. The monoisotopic (exact) mass is 487 g/mol. The summed E-state index contributed by atoms with van der Waals surface area (Å²) in [6.07, 6.45) is 1.67. The first-order valence-electron chi connectivity index (χ1n) is 12.3. The second-order valence-corrected chi connectivity index (χ2v) is 9.05. The first-order valence-corrected chi connectivity index (χ1v) is 12.3. The van der Waals surface area contributed by atoms with E-state index in [-0.39, 0.29) is 31.4 Å². The molecule has 2 amide bonds. The zero-order valence-corrected chi connectivity index (χ0v) is 20.8. The molecule has 190 valence electrons. The lowest BCUT2D eigenvalue weighted by Gasteiger charge is -2.33. The van der Waals surface area contributed by atoms with Gasteiger partial charge in [0.2, 0.25) is 5.91 Å². The third-order valence-corrected chi connectivity index (χ3v) is 6.27. The van der Waals surface area contributed by atoms with Crippen LogP contribution in [0.25, 0.3) is 0 Å². The Kier molecular flexibility index (Phi) is 9.60. The van der Waals surface area contributed by atoms with E-state index < -0.39 is 11.6 Å². The second-order valence-electron chi connectivity index (χ2n) is 9.05. The number of fused-ring (bicyclic) bond motifs is 1. The highest BCUT2D eigenvalue weighted by atomic mass is 19.2. The molecule has 0 saturated heterocycles. The first-order chi connectivity index (χ1) is 16.8. The molecular weight excluding hydrogens is 452 g/mol. The highest BCUT2D eigenvalue weighted by molar-refractivity contribution is 5.94. The molecule has 0 aliphatic carbocycles. The van der Waals surface area contributed by atoms with Crippen LogP contribution in [0.2, 0.25) is 0 Å². The quantitative estimate of drug-likeness (QED) is 0.618. The molecule has 0 N–H and O–H groups in total. The summed E-state index contributed by atoms with van der Waals surface area (Å²) in [5.74, 6) is -1.87. The number of carbonyl (C=O) groups excluding carboxylic acids is 2. The molecule has 0 radical (unpaired) electrons. The molecule has 0 bridgehead atoms. The summed E-state index contributed by atoms with van der Waals surface area (Å²) in [5.41, 5.74) is 0.717. The van der Waals surface area contributed by atoms with Gasteiger partial charge < -0.3 is 19.4 Å². The maximum atomic E-state index is 14.3. The molecule has 3 rings (SSSR count). The Morgan fingerprint density at radius 2 is 1.60 bits per heavy atom. The minimum atomic E-state index is -1.01. The van der Waals surface area contributed by atoms with Crippen molar-refractivity contribution in [1.82, 2.24) is 9.80 Å². The number of hydrogen-bond acceptors (Lipinski definition) is 4. The van der Waals surface area contributed by atoms with Gasteiger partial charge >= 0.3 is 0 Å². The summed E-state index contributed by atoms with van der Waals surface area (Å²) in [6, 6.07) is 11.5. The zero-order valence-electron chi connectivity index (χ0n) is 20.8. The third-order valence-electron chi connectivity index (χ3n) is 6.27. The fourth-order valence-electron chi connectivity index (χ4n) is 4.30. The molecule has 0 atom stereocenters. The maximum Gasteiger partial charge on any atom is 0.260 e. The van der Waals surface area contributed by atoms with E-state index in [1.807, 2.05) is 18.2 Å². The summed E-state index contributed by atoms with van der Waals surface area (Å²) in [5, 5.41) is 0. The highest BCUT2D eigenvalue weighted by Gasteiger charge is 2.25. The van der Waals surface area contributed by atoms with E-state index in [1.165, 1.54) is 4.90 Å². The number of ether oxygens (including phenoxy) is 1. The van der Waals surface area contributed by atoms with Crippen molar-refractivity contribution in [1.29, 1.82) is 0 Å². The molecule has 6 nitrogen and oxygen atoms in total. The Balaban J connectivity index is 1.93. The summed E-state index contributed by atoms with van der Waals surface area (Å²) >= 11 is 0. The van der Waals surface area contributed by atoms with Gasteiger partial charge in [-0.15, -0.1) is 0 Å². The summed E-state index contributed by atoms with van der Waals surface area (Å²) in [7, 11) is 0. The van der Waals surface area contributed by atoms with Gasteiger partial charge in [0.1, 0.15) is 5.75 Å². The van der Waals surface area contributed by atoms with Crippen LogP contribution in [0.4, 0.5) is 14.5 Å². The van der Waals surface area contributed by atoms with Crippen LogP contribution < -0.4 is 9.64 Å². The lowest BCUT2D eigenvalue weighted by Crippen LogP contribution is -2.41. The molecule has 1 aliphatic heterocycles. The minimum absolute atomic E-state index is 0.0543. The molecule has 0 spiro atoms. The molecule has 0 aromatic heterocycles. The van der Waals surface area contributed by atoms with Crippen LogP contribution in [0.5, 0.6) is 5.75 Å². The Morgan fingerprint density at radius 1 is 0.943 bits per heavy atom. The van der Waals surface area contributed by atoms with Crippen LogP contribution in [-0.4, -0.2) is 60.4 Å². The fourth-order valence-corrected chi connectivity index (χ4v) is 4.30. The van der Waals surface area contributed by atoms with Crippen molar-refractivity contribution in [2.24, 2.45) is 0 Å². The van der Waals surface area contributed by atoms with Crippen LogP contribution in [-0.2, 0) is 16.1 Å². The standard InChI is InChI=1S/C27H35F2N3O3/c1-4-26(33)32-15-9-13-30(20(2)3)12-8-14-31(18-21-16-23(28)24(29)17-25(21)32)27(34)19-35-22-10-6-5-7-11-22/h5-7,10-11,16-17,20H,4,8-9,12-15,18-19H2,1-3H3. The molecule has 8 heteroatoms. The maximum absolute atomic E-state index is 14.3. The second kappa shape index (κ2) is 12.6. The molecule has 2 aromatic rings. The van der Waals surface area contributed by atoms with Gasteiger partial charge in [-0.3, -0.25) is 9.59 Å². The number of halogens is 2. The van der Waals surface area contributed by atoms with Gasteiger partial charge in [-0.05, 0) is 50.5 Å². The van der Waals surface area contributed by atoms with E-state index in [0.717, 1.165) is 31.6 Å². The number of carbonyl (C=O) groups is 2. The van der Waals surface area contributed by atoms with E-state index in [9.17, 15) is 18.4 Å². The Hall–Kier alpha value is -3.00. The number of benzene rings is 2. The van der Waals surface area contributed by atoms with E-state index in [4.69, 9.17) is 4.74 Å². The van der Waals surface area contributed by atoms with Gasteiger partial charge in [0.15, 0.2) is 18.2 Å². The summed E-state index contributed by atoms with van der Waals surface area (Å²) in [4.78, 5) is 31.4. The molecule has 0 unspecified atom stereocenters. The molecule has 35 heavy (non-hydrogen) atoms. The van der Waals surface area contributed by atoms with Gasteiger partial charge in [0.05, 0.1) is 5.69 Å². The molecule has 0 saturated carbocycles. The van der Waals surface area contributed by atoms with E-state index in [0.29, 0.717) is 42.6 Å². The van der Waals surface area contributed by atoms with Crippen molar-refractivity contribution >= 4 is 17.5 Å². The number of hydrogen-bond donors (Lipinski definition) is 0. The molecule has 2 aromatic carbocycles. The average molecular weight is 488 g/mol. The average Bonchev–Trinajstić information content (AvgIpc) is 2.84. The van der Waals surface area contributed by atoms with Crippen molar-refractivity contribution in [3.63, 3.8) is 0 Å². The van der Waals surface area contributed by atoms with E-state index in [2.05, 4.69) is 18.7 Å². The Labute approximate surface area is 206 Å². The van der Waals surface area contributed by atoms with Gasteiger partial charge in [0.25, 0.3) is 5.91 Å². The van der Waals surface area contributed by atoms with Gasteiger partial charge in [-0.25, -0.2) is 8.78 Å². The third kappa shape index (κ3) is 7.24. The number of para-hydroxylation sites is 1. The van der Waals surface area contributed by atoms with Crippen LogP contribution in [0.15, 0.2) is 42.5 Å². The van der Waals surface area contributed by atoms with Gasteiger partial charge in [-0.2, -0.15) is 0 Å². The number of amides is 2. The van der Waals surface area contributed by atoms with Gasteiger partial charge in [0, 0.05) is 51.3 Å². The number of anilines is 1. The molecule has 1 heterocycles. The van der Waals surface area contributed by atoms with Gasteiger partial charge in [-0.1, -0.05) is 25.1 Å². The molecular formula is C27H35F2N3O3. The van der Waals surface area contributed by atoms with Crippen molar-refractivity contribution in [2.75, 3.05) is 37.7 Å². The lowest BCUT2D eigenvalue weighted by atomic mass is 10.1. The first kappa shape index (κ1) is 26.6. The lowest BCUT2D eigenvalue weighted by molar-refractivity contribution is -0.134. The predicted octanol–water partition coefficient (Wildman–Crippen LogP) is 4.62. The number of rotatable bonds is 5. The Bertz CT molecular complexity index is 1000. The smallest absolute Gasteiger partial charge is 0.260 e. The van der Waals surface area contributed by atoms with Crippen molar-refractivity contribution in [3.05, 3.63) is 59.7 Å². The largest absolute Gasteiger partial charge is 0.484 e. The summed E-state index contributed by atoms with van der Waals surface area (Å²) < 4.78 is 34.3.